The summed E-state index contributed by atoms with van der Waals surface area (Å²) in [6, 6.07) is 5.92. The number of carbonyl (C=O) groups excluding carboxylic acids is 1. The molecule has 0 aliphatic carbocycles. The Morgan fingerprint density at radius 3 is 2.58 bits per heavy atom. The van der Waals surface area contributed by atoms with Crippen LogP contribution in [0.2, 0.25) is 0 Å². The number of pyridine rings is 1. The van der Waals surface area contributed by atoms with Gasteiger partial charge in [0.2, 0.25) is 6.41 Å². The number of rotatable bonds is 9. The first-order valence-electron chi connectivity index (χ1n) is 8.43. The van der Waals surface area contributed by atoms with E-state index in [4.69, 9.17) is 4.74 Å². The number of aromatic nitrogens is 1. The quantitative estimate of drug-likeness (QED) is 0.224. The van der Waals surface area contributed by atoms with Crippen molar-refractivity contribution in [1.82, 2.24) is 15.2 Å². The fourth-order valence-corrected chi connectivity index (χ4v) is 3.39. The van der Waals surface area contributed by atoms with Gasteiger partial charge in [-0.2, -0.15) is 0 Å². The second-order valence-electron chi connectivity index (χ2n) is 5.17. The summed E-state index contributed by atoms with van der Waals surface area (Å²) in [5.41, 5.74) is 1.34. The number of nitrogens with one attached hydrogen (secondary N) is 1. The van der Waals surface area contributed by atoms with Crippen molar-refractivity contribution in [2.45, 2.75) is 18.4 Å². The van der Waals surface area contributed by atoms with Gasteiger partial charge in [0.05, 0.1) is 6.61 Å². The van der Waals surface area contributed by atoms with Crippen LogP contribution in [0.15, 0.2) is 41.6 Å². The van der Waals surface area contributed by atoms with E-state index >= 15 is 0 Å². The molecule has 0 radical (unpaired) electrons. The zero-order valence-corrected chi connectivity index (χ0v) is 17.6. The predicted octanol–water partition coefficient (Wildman–Crippen LogP) is 3.07. The third-order valence-corrected chi connectivity index (χ3v) is 5.26. The molecular formula is C18H31N3O3S2. The van der Waals surface area contributed by atoms with Gasteiger partial charge in [-0.25, -0.2) is 4.98 Å². The second kappa shape index (κ2) is 18.7. The van der Waals surface area contributed by atoms with E-state index in [9.17, 15) is 4.79 Å². The highest BCUT2D eigenvalue weighted by Crippen LogP contribution is 2.28. The topological polar surface area (TPSA) is 63.7 Å². The summed E-state index contributed by atoms with van der Waals surface area (Å²) < 4.78 is 9.61. The van der Waals surface area contributed by atoms with Crippen LogP contribution in [0.25, 0.3) is 0 Å². The van der Waals surface area contributed by atoms with Gasteiger partial charge in [0.1, 0.15) is 11.8 Å². The summed E-state index contributed by atoms with van der Waals surface area (Å²) in [5, 5.41) is 4.23. The maximum atomic E-state index is 9.97. The van der Waals surface area contributed by atoms with Crippen LogP contribution in [0, 0.1) is 0 Å². The van der Waals surface area contributed by atoms with Gasteiger partial charge in [-0.05, 0) is 42.8 Å². The molecule has 0 saturated carbocycles. The van der Waals surface area contributed by atoms with Gasteiger partial charge in [-0.15, -0.1) is 0 Å². The van der Waals surface area contributed by atoms with Crippen LogP contribution < -0.4 is 5.32 Å². The summed E-state index contributed by atoms with van der Waals surface area (Å²) in [5.74, 6) is 0.998. The SMILES string of the molecule is C=C1CCNC1.CCN(C=O)COC.COCCSSc1ccccn1. The molecule has 1 fully saturated rings. The predicted molar refractivity (Wildman–Crippen MR) is 111 cm³/mol. The second-order valence-corrected chi connectivity index (χ2v) is 7.61. The minimum atomic E-state index is 0.389. The molecule has 2 rings (SSSR count). The van der Waals surface area contributed by atoms with Crippen LogP contribution in [0.1, 0.15) is 13.3 Å². The van der Waals surface area contributed by atoms with E-state index in [1.165, 1.54) is 16.9 Å². The molecule has 2 heterocycles. The van der Waals surface area contributed by atoms with Crippen molar-refractivity contribution in [3.8, 4) is 0 Å². The largest absolute Gasteiger partial charge is 0.384 e. The number of methoxy groups -OCH3 is 2. The minimum Gasteiger partial charge on any atom is -0.384 e. The van der Waals surface area contributed by atoms with E-state index in [1.807, 2.05) is 25.1 Å². The number of ether oxygens (including phenoxy) is 2. The van der Waals surface area contributed by atoms with Gasteiger partial charge >= 0.3 is 0 Å². The first-order valence-corrected chi connectivity index (χ1v) is 10.7. The normalized spacial score (nSPS) is 12.5. The van der Waals surface area contributed by atoms with Crippen LogP contribution in [0.3, 0.4) is 0 Å². The summed E-state index contributed by atoms with van der Waals surface area (Å²) in [6.07, 6.45) is 3.75. The first-order chi connectivity index (χ1) is 12.7. The molecule has 1 aliphatic heterocycles. The first kappa shape index (κ1) is 24.9. The minimum absolute atomic E-state index is 0.389. The lowest BCUT2D eigenvalue weighted by atomic mass is 10.3. The third-order valence-electron chi connectivity index (χ3n) is 3.03. The third kappa shape index (κ3) is 15.2. The molecule has 1 amide bonds. The number of carbonyl (C=O) groups is 1. The number of nitrogens with zero attached hydrogens (tertiary/aromatic N) is 2. The van der Waals surface area contributed by atoms with Crippen LogP contribution >= 0.6 is 21.6 Å². The smallest absolute Gasteiger partial charge is 0.211 e. The Morgan fingerprint density at radius 1 is 1.38 bits per heavy atom. The zero-order chi connectivity index (χ0) is 19.5. The summed E-state index contributed by atoms with van der Waals surface area (Å²) >= 11 is 0. The van der Waals surface area contributed by atoms with Gasteiger partial charge in [0.15, 0.2) is 0 Å². The Kier molecular flexibility index (Phi) is 18.0. The summed E-state index contributed by atoms with van der Waals surface area (Å²) in [4.78, 5) is 15.7. The molecule has 26 heavy (non-hydrogen) atoms. The highest BCUT2D eigenvalue weighted by Gasteiger charge is 1.99. The standard InChI is InChI=1S/C8H11NOS2.C5H11NO2.C5H9N/c1-10-6-7-11-12-8-4-2-3-5-9-8;1-3-6(4-7)5-8-2;1-5-2-3-6-4-5/h2-5H,6-7H2,1H3;4H,3,5H2,1-2H3;6H,1-4H2. The Hall–Kier alpha value is -1.06. The molecule has 1 N–H and O–H groups in total. The van der Waals surface area contributed by atoms with Crippen molar-refractivity contribution in [2.75, 3.05) is 52.9 Å². The molecule has 0 unspecified atom stereocenters. The zero-order valence-electron chi connectivity index (χ0n) is 16.0. The fraction of sp³-hybridized carbons (Fsp3) is 0.556. The van der Waals surface area contributed by atoms with Crippen molar-refractivity contribution in [1.29, 1.82) is 0 Å². The van der Waals surface area contributed by atoms with Crippen molar-refractivity contribution >= 4 is 28.0 Å². The van der Waals surface area contributed by atoms with Crippen molar-refractivity contribution in [2.24, 2.45) is 0 Å². The van der Waals surface area contributed by atoms with E-state index in [2.05, 4.69) is 21.6 Å². The maximum absolute atomic E-state index is 9.97. The highest BCUT2D eigenvalue weighted by molar-refractivity contribution is 8.76. The van der Waals surface area contributed by atoms with Gasteiger partial charge in [-0.3, -0.25) is 4.79 Å². The molecule has 148 valence electrons. The van der Waals surface area contributed by atoms with E-state index in [0.29, 0.717) is 13.3 Å². The molecule has 0 bridgehead atoms. The fourth-order valence-electron chi connectivity index (χ4n) is 1.60. The number of amides is 1. The summed E-state index contributed by atoms with van der Waals surface area (Å²) in [7, 11) is 6.72. The molecule has 0 atom stereocenters. The van der Waals surface area contributed by atoms with Crippen LogP contribution in [0.4, 0.5) is 0 Å². The van der Waals surface area contributed by atoms with E-state index < -0.39 is 0 Å². The lowest BCUT2D eigenvalue weighted by Gasteiger charge is -2.11. The Balaban J connectivity index is 0.000000387. The van der Waals surface area contributed by atoms with Gasteiger partial charge < -0.3 is 19.7 Å². The van der Waals surface area contributed by atoms with Crippen LogP contribution in [-0.2, 0) is 14.3 Å². The summed E-state index contributed by atoms with van der Waals surface area (Å²) in [6.45, 7) is 9.76. The molecule has 8 heteroatoms. The van der Waals surface area contributed by atoms with Crippen LogP contribution in [-0.4, -0.2) is 69.2 Å². The molecule has 1 aromatic heterocycles. The molecule has 1 aliphatic rings. The monoisotopic (exact) mass is 401 g/mol. The average Bonchev–Trinajstić information content (AvgIpc) is 3.16. The van der Waals surface area contributed by atoms with Crippen LogP contribution in [0.5, 0.6) is 0 Å². The number of hydrogen-bond donors (Lipinski definition) is 1. The van der Waals surface area contributed by atoms with E-state index in [1.54, 1.807) is 42.0 Å². The van der Waals surface area contributed by atoms with Gasteiger partial charge in [0.25, 0.3) is 0 Å². The molecule has 1 aromatic rings. The molecular weight excluding hydrogens is 370 g/mol. The maximum Gasteiger partial charge on any atom is 0.211 e. The number of hydrogen-bond acceptors (Lipinski definition) is 7. The average molecular weight is 402 g/mol. The van der Waals surface area contributed by atoms with Crippen molar-refractivity contribution < 1.29 is 14.3 Å². The van der Waals surface area contributed by atoms with Crippen molar-refractivity contribution in [3.05, 3.63) is 36.5 Å². The molecule has 1 saturated heterocycles. The molecule has 6 nitrogen and oxygen atoms in total. The van der Waals surface area contributed by atoms with E-state index in [-0.39, 0.29) is 0 Å². The van der Waals surface area contributed by atoms with Crippen molar-refractivity contribution in [3.63, 3.8) is 0 Å². The van der Waals surface area contributed by atoms with E-state index in [0.717, 1.165) is 36.9 Å². The molecule has 0 spiro atoms. The van der Waals surface area contributed by atoms with Gasteiger partial charge in [-0.1, -0.05) is 29.0 Å². The Morgan fingerprint density at radius 2 is 2.19 bits per heavy atom. The lowest BCUT2D eigenvalue weighted by molar-refractivity contribution is -0.122. The van der Waals surface area contributed by atoms with Gasteiger partial charge in [0, 0.05) is 39.3 Å². The lowest BCUT2D eigenvalue weighted by Crippen LogP contribution is -2.23. The highest BCUT2D eigenvalue weighted by atomic mass is 33.1. The Labute approximate surface area is 165 Å². The Bertz CT molecular complexity index is 456. The molecule has 0 aromatic carbocycles.